The largest absolute Gasteiger partial charge is 0.493 e. The lowest BCUT2D eigenvalue weighted by Gasteiger charge is -2.15. The maximum Gasteiger partial charge on any atom is 0.161 e. The van der Waals surface area contributed by atoms with E-state index in [1.54, 1.807) is 18.4 Å². The average Bonchev–Trinajstić information content (AvgIpc) is 2.89. The Kier molecular flexibility index (Phi) is 5.46. The van der Waals surface area contributed by atoms with Crippen molar-refractivity contribution < 1.29 is 9.47 Å². The molecule has 0 aliphatic heterocycles. The first kappa shape index (κ1) is 15.4. The van der Waals surface area contributed by atoms with Crippen LogP contribution in [-0.4, -0.2) is 14.2 Å². The van der Waals surface area contributed by atoms with Crippen LogP contribution >= 0.6 is 27.3 Å². The standard InChI is InChI=1S/C15H18BrNO2S/c1-10(17-2)11-4-5-14(15(6-11)18-3)19-8-13-7-12(16)9-20-13/h4-7,9-10,17H,8H2,1-3H3. The summed E-state index contributed by atoms with van der Waals surface area (Å²) in [5, 5.41) is 5.26. The maximum absolute atomic E-state index is 5.84. The number of hydrogen-bond donors (Lipinski definition) is 1. The van der Waals surface area contributed by atoms with E-state index in [1.807, 2.05) is 24.6 Å². The predicted octanol–water partition coefficient (Wildman–Crippen LogP) is 4.38. The van der Waals surface area contributed by atoms with Crippen molar-refractivity contribution >= 4 is 27.3 Å². The van der Waals surface area contributed by atoms with Gasteiger partial charge < -0.3 is 14.8 Å². The number of thiophene rings is 1. The Morgan fingerprint density at radius 2 is 2.10 bits per heavy atom. The minimum absolute atomic E-state index is 0.284. The summed E-state index contributed by atoms with van der Waals surface area (Å²) in [4.78, 5) is 1.17. The molecule has 2 rings (SSSR count). The molecule has 0 saturated carbocycles. The Morgan fingerprint density at radius 1 is 1.30 bits per heavy atom. The molecule has 1 N–H and O–H groups in total. The van der Waals surface area contributed by atoms with Crippen LogP contribution in [0.2, 0.25) is 0 Å². The minimum Gasteiger partial charge on any atom is -0.493 e. The van der Waals surface area contributed by atoms with Crippen molar-refractivity contribution in [3.8, 4) is 11.5 Å². The fraction of sp³-hybridized carbons (Fsp3) is 0.333. The van der Waals surface area contributed by atoms with Gasteiger partial charge in [0.15, 0.2) is 11.5 Å². The van der Waals surface area contributed by atoms with Crippen LogP contribution in [0.25, 0.3) is 0 Å². The maximum atomic E-state index is 5.84. The van der Waals surface area contributed by atoms with Crippen molar-refractivity contribution in [3.63, 3.8) is 0 Å². The Hall–Kier alpha value is -1.04. The molecule has 2 aromatic rings. The van der Waals surface area contributed by atoms with Crippen molar-refractivity contribution in [1.82, 2.24) is 5.32 Å². The number of ether oxygens (including phenoxy) is 2. The van der Waals surface area contributed by atoms with E-state index >= 15 is 0 Å². The Labute approximate surface area is 132 Å². The molecule has 108 valence electrons. The third kappa shape index (κ3) is 3.75. The highest BCUT2D eigenvalue weighted by molar-refractivity contribution is 9.10. The third-order valence-corrected chi connectivity index (χ3v) is 4.78. The van der Waals surface area contributed by atoms with Crippen molar-refractivity contribution in [2.75, 3.05) is 14.2 Å². The van der Waals surface area contributed by atoms with Crippen LogP contribution in [0.1, 0.15) is 23.4 Å². The highest BCUT2D eigenvalue weighted by Gasteiger charge is 2.10. The van der Waals surface area contributed by atoms with E-state index in [0.717, 1.165) is 16.0 Å². The van der Waals surface area contributed by atoms with Gasteiger partial charge in [-0.2, -0.15) is 0 Å². The Balaban J connectivity index is 2.11. The van der Waals surface area contributed by atoms with Gasteiger partial charge in [0.1, 0.15) is 6.61 Å². The SMILES string of the molecule is CNC(C)c1ccc(OCc2cc(Br)cs2)c(OC)c1. The molecule has 1 atom stereocenters. The highest BCUT2D eigenvalue weighted by Crippen LogP contribution is 2.31. The topological polar surface area (TPSA) is 30.5 Å². The van der Waals surface area contributed by atoms with Gasteiger partial charge >= 0.3 is 0 Å². The summed E-state index contributed by atoms with van der Waals surface area (Å²) >= 11 is 5.11. The van der Waals surface area contributed by atoms with Gasteiger partial charge in [-0.3, -0.25) is 0 Å². The molecule has 0 saturated heterocycles. The number of rotatable bonds is 6. The second-order valence-corrected chi connectivity index (χ2v) is 6.35. The smallest absolute Gasteiger partial charge is 0.161 e. The van der Waals surface area contributed by atoms with E-state index in [-0.39, 0.29) is 6.04 Å². The molecule has 0 spiro atoms. The first-order valence-corrected chi connectivity index (χ1v) is 8.02. The summed E-state index contributed by atoms with van der Waals surface area (Å²) in [6, 6.07) is 8.38. The third-order valence-electron chi connectivity index (χ3n) is 3.11. The Morgan fingerprint density at radius 3 is 2.70 bits per heavy atom. The summed E-state index contributed by atoms with van der Waals surface area (Å²) in [6.07, 6.45) is 0. The van der Waals surface area contributed by atoms with Gasteiger partial charge in [0.2, 0.25) is 0 Å². The highest BCUT2D eigenvalue weighted by atomic mass is 79.9. The van der Waals surface area contributed by atoms with Gasteiger partial charge in [-0.05, 0) is 53.7 Å². The molecule has 1 aromatic heterocycles. The number of halogens is 1. The van der Waals surface area contributed by atoms with Gasteiger partial charge in [-0.15, -0.1) is 11.3 Å². The second kappa shape index (κ2) is 7.11. The normalized spacial score (nSPS) is 12.2. The van der Waals surface area contributed by atoms with Gasteiger partial charge in [-0.25, -0.2) is 0 Å². The molecule has 3 nitrogen and oxygen atoms in total. The number of hydrogen-bond acceptors (Lipinski definition) is 4. The summed E-state index contributed by atoms with van der Waals surface area (Å²) in [5.41, 5.74) is 1.18. The lowest BCUT2D eigenvalue weighted by Crippen LogP contribution is -2.12. The molecular weight excluding hydrogens is 338 g/mol. The van der Waals surface area contributed by atoms with Crippen LogP contribution in [0.3, 0.4) is 0 Å². The van der Waals surface area contributed by atoms with Crippen LogP contribution in [-0.2, 0) is 6.61 Å². The quantitative estimate of drug-likeness (QED) is 0.833. The number of benzene rings is 1. The molecular formula is C15H18BrNO2S. The molecule has 1 heterocycles. The molecule has 0 fully saturated rings. The van der Waals surface area contributed by atoms with E-state index in [4.69, 9.17) is 9.47 Å². The van der Waals surface area contributed by atoms with E-state index in [2.05, 4.69) is 40.3 Å². The monoisotopic (exact) mass is 355 g/mol. The van der Waals surface area contributed by atoms with Crippen LogP contribution < -0.4 is 14.8 Å². The summed E-state index contributed by atoms with van der Waals surface area (Å²) in [5.74, 6) is 1.53. The van der Waals surface area contributed by atoms with E-state index in [0.29, 0.717) is 6.61 Å². The predicted molar refractivity (Wildman–Crippen MR) is 86.8 cm³/mol. The summed E-state index contributed by atoms with van der Waals surface area (Å²) in [6.45, 7) is 2.66. The zero-order chi connectivity index (χ0) is 14.5. The summed E-state index contributed by atoms with van der Waals surface area (Å²) in [7, 11) is 3.61. The van der Waals surface area contributed by atoms with Gasteiger partial charge in [-0.1, -0.05) is 6.07 Å². The van der Waals surface area contributed by atoms with Gasteiger partial charge in [0.05, 0.1) is 7.11 Å². The lowest BCUT2D eigenvalue weighted by molar-refractivity contribution is 0.287. The molecule has 5 heteroatoms. The lowest BCUT2D eigenvalue weighted by atomic mass is 10.1. The van der Waals surface area contributed by atoms with Gasteiger partial charge in [0.25, 0.3) is 0 Å². The van der Waals surface area contributed by atoms with Crippen LogP contribution in [0, 0.1) is 0 Å². The van der Waals surface area contributed by atoms with Crippen LogP contribution in [0.5, 0.6) is 11.5 Å². The van der Waals surface area contributed by atoms with Crippen molar-refractivity contribution in [2.45, 2.75) is 19.6 Å². The molecule has 0 amide bonds. The van der Waals surface area contributed by atoms with Crippen molar-refractivity contribution in [3.05, 3.63) is 44.6 Å². The minimum atomic E-state index is 0.284. The van der Waals surface area contributed by atoms with E-state index in [9.17, 15) is 0 Å². The molecule has 1 aromatic carbocycles. The van der Waals surface area contributed by atoms with Crippen molar-refractivity contribution in [1.29, 1.82) is 0 Å². The number of methoxy groups -OCH3 is 1. The molecule has 0 aliphatic rings. The first-order valence-electron chi connectivity index (χ1n) is 6.35. The van der Waals surface area contributed by atoms with Gasteiger partial charge in [0, 0.05) is 20.8 Å². The van der Waals surface area contributed by atoms with Crippen LogP contribution in [0.15, 0.2) is 34.1 Å². The second-order valence-electron chi connectivity index (χ2n) is 4.44. The Bertz CT molecular complexity index is 571. The fourth-order valence-electron chi connectivity index (χ4n) is 1.82. The average molecular weight is 356 g/mol. The molecule has 0 radical (unpaired) electrons. The van der Waals surface area contributed by atoms with E-state index in [1.165, 1.54) is 10.4 Å². The molecule has 0 bridgehead atoms. The molecule has 1 unspecified atom stereocenters. The van der Waals surface area contributed by atoms with Crippen LogP contribution in [0.4, 0.5) is 0 Å². The molecule has 0 aliphatic carbocycles. The van der Waals surface area contributed by atoms with Crippen molar-refractivity contribution in [2.24, 2.45) is 0 Å². The fourth-order valence-corrected chi connectivity index (χ4v) is 3.18. The number of nitrogens with one attached hydrogen (secondary N) is 1. The zero-order valence-corrected chi connectivity index (χ0v) is 14.2. The molecule has 20 heavy (non-hydrogen) atoms. The first-order chi connectivity index (χ1) is 9.63. The van der Waals surface area contributed by atoms with E-state index < -0.39 is 0 Å². The summed E-state index contributed by atoms with van der Waals surface area (Å²) < 4.78 is 12.3. The zero-order valence-electron chi connectivity index (χ0n) is 11.8.